The van der Waals surface area contributed by atoms with Crippen molar-refractivity contribution in [3.63, 3.8) is 0 Å². The maximum atomic E-state index is 10.5. The van der Waals surface area contributed by atoms with E-state index in [1.807, 2.05) is 30.3 Å². The van der Waals surface area contributed by atoms with Crippen molar-refractivity contribution in [2.24, 2.45) is 0 Å². The molecule has 4 nitrogen and oxygen atoms in total. The smallest absolute Gasteiger partial charge is 0.183 e. The van der Waals surface area contributed by atoms with Crippen molar-refractivity contribution < 1.29 is 9.90 Å². The third-order valence-corrected chi connectivity index (χ3v) is 2.93. The van der Waals surface area contributed by atoms with Gasteiger partial charge in [-0.1, -0.05) is 41.7 Å². The van der Waals surface area contributed by atoms with Crippen LogP contribution in [0.15, 0.2) is 36.5 Å². The zero-order valence-electron chi connectivity index (χ0n) is 8.34. The molecule has 0 aliphatic rings. The van der Waals surface area contributed by atoms with Gasteiger partial charge in [0.2, 0.25) is 0 Å². The first-order chi connectivity index (χ1) is 7.75. The van der Waals surface area contributed by atoms with E-state index in [0.717, 1.165) is 16.9 Å². The summed E-state index contributed by atoms with van der Waals surface area (Å²) < 4.78 is 0. The Morgan fingerprint density at radius 2 is 2.12 bits per heavy atom. The summed E-state index contributed by atoms with van der Waals surface area (Å²) in [6, 6.07) is 9.82. The van der Waals surface area contributed by atoms with Crippen LogP contribution in [0.1, 0.15) is 15.2 Å². The summed E-state index contributed by atoms with van der Waals surface area (Å²) in [6.45, 7) is 0.626. The Hall–Kier alpha value is -1.88. The summed E-state index contributed by atoms with van der Waals surface area (Å²) in [6.07, 6.45) is 1.30. The van der Waals surface area contributed by atoms with Gasteiger partial charge in [0.25, 0.3) is 0 Å². The lowest BCUT2D eigenvalue weighted by molar-refractivity contribution is -0.254. The molecule has 16 heavy (non-hydrogen) atoms. The summed E-state index contributed by atoms with van der Waals surface area (Å²) in [5, 5.41) is 14.2. The molecule has 0 amide bonds. The molecule has 0 unspecified atom stereocenters. The molecule has 82 valence electrons. The van der Waals surface area contributed by atoms with Crippen LogP contribution in [0.4, 0.5) is 5.13 Å². The largest absolute Gasteiger partial charge is 0.544 e. The number of carboxylic acids is 1. The predicted molar refractivity (Wildman–Crippen MR) is 60.2 cm³/mol. The van der Waals surface area contributed by atoms with E-state index in [9.17, 15) is 9.90 Å². The van der Waals surface area contributed by atoms with E-state index in [4.69, 9.17) is 0 Å². The Labute approximate surface area is 96.6 Å². The van der Waals surface area contributed by atoms with E-state index in [2.05, 4.69) is 10.3 Å². The highest BCUT2D eigenvalue weighted by molar-refractivity contribution is 7.17. The van der Waals surface area contributed by atoms with Crippen molar-refractivity contribution in [1.82, 2.24) is 4.98 Å². The number of carbonyl (C=O) groups excluding carboxylic acids is 1. The Morgan fingerprint density at radius 1 is 1.38 bits per heavy atom. The number of rotatable bonds is 4. The average molecular weight is 233 g/mol. The third kappa shape index (κ3) is 2.58. The number of nitrogens with zero attached hydrogens (tertiary/aromatic N) is 1. The van der Waals surface area contributed by atoms with Crippen LogP contribution in [0.5, 0.6) is 0 Å². The van der Waals surface area contributed by atoms with Gasteiger partial charge >= 0.3 is 0 Å². The molecule has 2 aromatic rings. The summed E-state index contributed by atoms with van der Waals surface area (Å²) in [5.74, 6) is -1.19. The second-order valence-corrected chi connectivity index (χ2v) is 4.19. The van der Waals surface area contributed by atoms with Crippen LogP contribution in [0, 0.1) is 0 Å². The topological polar surface area (TPSA) is 65.0 Å². The number of benzene rings is 1. The molecular weight excluding hydrogens is 224 g/mol. The fraction of sp³-hybridized carbons (Fsp3) is 0.0909. The summed E-state index contributed by atoms with van der Waals surface area (Å²) >= 11 is 1.08. The number of aromatic nitrogens is 1. The van der Waals surface area contributed by atoms with Crippen LogP contribution >= 0.6 is 11.3 Å². The fourth-order valence-corrected chi connectivity index (χ4v) is 1.87. The van der Waals surface area contributed by atoms with Gasteiger partial charge in [-0.15, -0.1) is 0 Å². The monoisotopic (exact) mass is 233 g/mol. The van der Waals surface area contributed by atoms with Crippen LogP contribution in [-0.2, 0) is 6.54 Å². The van der Waals surface area contributed by atoms with Crippen molar-refractivity contribution in [3.8, 4) is 0 Å². The lowest BCUT2D eigenvalue weighted by atomic mass is 10.2. The number of carboxylic acid groups (broad SMARTS) is 1. The molecule has 0 spiro atoms. The molecule has 1 heterocycles. The third-order valence-electron chi connectivity index (χ3n) is 1.99. The molecule has 0 atom stereocenters. The normalized spacial score (nSPS) is 10.0. The van der Waals surface area contributed by atoms with Gasteiger partial charge in [-0.05, 0) is 5.56 Å². The van der Waals surface area contributed by atoms with Crippen LogP contribution < -0.4 is 10.4 Å². The molecule has 0 bridgehead atoms. The van der Waals surface area contributed by atoms with Crippen molar-refractivity contribution in [2.75, 3.05) is 5.32 Å². The SMILES string of the molecule is O=C([O-])c1cnc(NCc2ccccc2)s1. The van der Waals surface area contributed by atoms with Gasteiger partial charge in [-0.25, -0.2) is 4.98 Å². The first-order valence-corrected chi connectivity index (χ1v) is 5.52. The predicted octanol–water partition coefficient (Wildman–Crippen LogP) is 1.12. The number of hydrogen-bond acceptors (Lipinski definition) is 5. The van der Waals surface area contributed by atoms with Crippen molar-refractivity contribution in [1.29, 1.82) is 0 Å². The summed E-state index contributed by atoms with van der Waals surface area (Å²) in [5.41, 5.74) is 1.12. The highest BCUT2D eigenvalue weighted by Gasteiger charge is 2.01. The second kappa shape index (κ2) is 4.76. The van der Waals surface area contributed by atoms with Crippen LogP contribution in [0.25, 0.3) is 0 Å². The number of carbonyl (C=O) groups is 1. The molecule has 0 saturated carbocycles. The zero-order valence-corrected chi connectivity index (χ0v) is 9.16. The zero-order chi connectivity index (χ0) is 11.4. The number of thiazole rings is 1. The van der Waals surface area contributed by atoms with Crippen LogP contribution in [-0.4, -0.2) is 11.0 Å². The molecular formula is C11H9N2O2S-. The van der Waals surface area contributed by atoms with E-state index in [0.29, 0.717) is 11.7 Å². The lowest BCUT2D eigenvalue weighted by Crippen LogP contribution is -2.20. The molecule has 5 heteroatoms. The quantitative estimate of drug-likeness (QED) is 0.859. The van der Waals surface area contributed by atoms with Crippen LogP contribution in [0.3, 0.4) is 0 Å². The van der Waals surface area contributed by atoms with Gasteiger partial charge < -0.3 is 15.2 Å². The van der Waals surface area contributed by atoms with Gasteiger partial charge in [0.05, 0.1) is 10.8 Å². The summed E-state index contributed by atoms with van der Waals surface area (Å²) in [7, 11) is 0. The van der Waals surface area contributed by atoms with Crippen molar-refractivity contribution in [2.45, 2.75) is 6.54 Å². The summed E-state index contributed by atoms with van der Waals surface area (Å²) in [4.78, 5) is 14.6. The van der Waals surface area contributed by atoms with Crippen molar-refractivity contribution >= 4 is 22.4 Å². The minimum absolute atomic E-state index is 0.135. The van der Waals surface area contributed by atoms with Gasteiger partial charge in [-0.2, -0.15) is 0 Å². The fourth-order valence-electron chi connectivity index (χ4n) is 1.22. The Morgan fingerprint density at radius 3 is 2.75 bits per heavy atom. The maximum absolute atomic E-state index is 10.5. The molecule has 0 saturated heterocycles. The first kappa shape index (κ1) is 10.6. The second-order valence-electron chi connectivity index (χ2n) is 3.16. The lowest BCUT2D eigenvalue weighted by Gasteiger charge is -2.01. The van der Waals surface area contributed by atoms with E-state index in [1.54, 1.807) is 0 Å². The minimum Gasteiger partial charge on any atom is -0.544 e. The van der Waals surface area contributed by atoms with Crippen LogP contribution in [0.2, 0.25) is 0 Å². The van der Waals surface area contributed by atoms with Crippen molar-refractivity contribution in [3.05, 3.63) is 47.0 Å². The standard InChI is InChI=1S/C11H10N2O2S/c14-10(15)9-7-13-11(16-9)12-6-8-4-2-1-3-5-8/h1-5,7H,6H2,(H,12,13)(H,14,15)/p-1. The molecule has 0 aliphatic carbocycles. The van der Waals surface area contributed by atoms with E-state index in [1.165, 1.54) is 6.20 Å². The highest BCUT2D eigenvalue weighted by Crippen LogP contribution is 2.17. The van der Waals surface area contributed by atoms with E-state index in [-0.39, 0.29) is 4.88 Å². The number of aromatic carboxylic acids is 1. The van der Waals surface area contributed by atoms with E-state index >= 15 is 0 Å². The molecule has 0 fully saturated rings. The molecule has 0 aliphatic heterocycles. The van der Waals surface area contributed by atoms with Gasteiger partial charge in [0, 0.05) is 12.7 Å². The van der Waals surface area contributed by atoms with Gasteiger partial charge in [-0.3, -0.25) is 0 Å². The van der Waals surface area contributed by atoms with Gasteiger partial charge in [0.15, 0.2) is 5.13 Å². The molecule has 2 rings (SSSR count). The number of nitrogens with one attached hydrogen (secondary N) is 1. The first-order valence-electron chi connectivity index (χ1n) is 4.70. The molecule has 1 aromatic heterocycles. The average Bonchev–Trinajstić information content (AvgIpc) is 2.76. The van der Waals surface area contributed by atoms with E-state index < -0.39 is 5.97 Å². The molecule has 1 aromatic carbocycles. The Bertz CT molecular complexity index is 482. The number of hydrogen-bond donors (Lipinski definition) is 1. The highest BCUT2D eigenvalue weighted by atomic mass is 32.1. The van der Waals surface area contributed by atoms with Gasteiger partial charge in [0.1, 0.15) is 0 Å². The Balaban J connectivity index is 1.97. The number of anilines is 1. The molecule has 0 radical (unpaired) electrons. The minimum atomic E-state index is -1.19. The molecule has 1 N–H and O–H groups in total. The Kier molecular flexibility index (Phi) is 3.16. The maximum Gasteiger partial charge on any atom is 0.183 e.